The molecule has 0 saturated carbocycles. The lowest BCUT2D eigenvalue weighted by Gasteiger charge is -2.14. The third-order valence-corrected chi connectivity index (χ3v) is 2.40. The molecule has 0 fully saturated rings. The Bertz CT molecular complexity index is 419. The molecule has 0 saturated heterocycles. The summed E-state index contributed by atoms with van der Waals surface area (Å²) in [6.07, 6.45) is 0. The summed E-state index contributed by atoms with van der Waals surface area (Å²) >= 11 is 5.65. The van der Waals surface area contributed by atoms with Crippen LogP contribution >= 0.6 is 11.6 Å². The van der Waals surface area contributed by atoms with Crippen molar-refractivity contribution in [3.63, 3.8) is 0 Å². The van der Waals surface area contributed by atoms with E-state index >= 15 is 0 Å². The minimum Gasteiger partial charge on any atom is -0.493 e. The lowest BCUT2D eigenvalue weighted by Crippen LogP contribution is -2.09. The van der Waals surface area contributed by atoms with Gasteiger partial charge < -0.3 is 18.9 Å². The van der Waals surface area contributed by atoms with Gasteiger partial charge in [-0.25, -0.2) is 0 Å². The number of ether oxygens (including phenoxy) is 4. The van der Waals surface area contributed by atoms with E-state index in [-0.39, 0.29) is 6.61 Å². The molecule has 18 heavy (non-hydrogen) atoms. The van der Waals surface area contributed by atoms with Crippen molar-refractivity contribution in [2.75, 3.05) is 27.9 Å². The van der Waals surface area contributed by atoms with Gasteiger partial charge >= 0.3 is 0 Å². The fraction of sp³-hybridized carbons (Fsp3) is 0.417. The van der Waals surface area contributed by atoms with E-state index in [2.05, 4.69) is 0 Å². The van der Waals surface area contributed by atoms with Crippen LogP contribution in [0.4, 0.5) is 0 Å². The first kappa shape index (κ1) is 14.3. The highest BCUT2D eigenvalue weighted by molar-refractivity contribution is 6.22. The van der Waals surface area contributed by atoms with Gasteiger partial charge in [-0.15, -0.1) is 11.6 Å². The Morgan fingerprint density at radius 3 is 2.11 bits per heavy atom. The maximum atomic E-state index is 8.57. The van der Waals surface area contributed by atoms with Crippen LogP contribution in [0.3, 0.4) is 0 Å². The summed E-state index contributed by atoms with van der Waals surface area (Å²) in [5.41, 5.74) is 0. The Balaban J connectivity index is 2.97. The Labute approximate surface area is 111 Å². The highest BCUT2D eigenvalue weighted by atomic mass is 35.5. The van der Waals surface area contributed by atoms with E-state index in [0.29, 0.717) is 23.0 Å². The monoisotopic (exact) mass is 271 g/mol. The van der Waals surface area contributed by atoms with Crippen molar-refractivity contribution in [2.24, 2.45) is 0 Å². The quantitative estimate of drug-likeness (QED) is 0.743. The molecule has 98 valence electrons. The van der Waals surface area contributed by atoms with Gasteiger partial charge in [-0.05, 0) is 0 Å². The number of hydrogen-bond acceptors (Lipinski definition) is 5. The molecular weight excluding hydrogens is 258 g/mol. The SMILES string of the molecule is COc1cc(OCC(Cl)C#N)cc(OC)c1OC. The lowest BCUT2D eigenvalue weighted by atomic mass is 10.2. The van der Waals surface area contributed by atoms with Gasteiger partial charge in [0.2, 0.25) is 5.75 Å². The van der Waals surface area contributed by atoms with Gasteiger partial charge in [0.25, 0.3) is 0 Å². The largest absolute Gasteiger partial charge is 0.493 e. The number of halogens is 1. The molecule has 0 aliphatic rings. The summed E-state index contributed by atoms with van der Waals surface area (Å²) in [4.78, 5) is 0. The summed E-state index contributed by atoms with van der Waals surface area (Å²) in [5.74, 6) is 1.94. The first-order valence-corrected chi connectivity index (χ1v) is 5.56. The Morgan fingerprint density at radius 2 is 1.72 bits per heavy atom. The number of hydrogen-bond donors (Lipinski definition) is 0. The van der Waals surface area contributed by atoms with E-state index in [1.54, 1.807) is 12.1 Å². The summed E-state index contributed by atoms with van der Waals surface area (Å²) in [6, 6.07) is 5.15. The van der Waals surface area contributed by atoms with Gasteiger partial charge in [-0.2, -0.15) is 5.26 Å². The second-order valence-electron chi connectivity index (χ2n) is 3.27. The zero-order valence-electron chi connectivity index (χ0n) is 10.4. The summed E-state index contributed by atoms with van der Waals surface area (Å²) in [6.45, 7) is 0.0801. The van der Waals surface area contributed by atoms with E-state index in [9.17, 15) is 0 Å². The van der Waals surface area contributed by atoms with Crippen LogP contribution in [-0.4, -0.2) is 33.3 Å². The molecule has 0 aliphatic heterocycles. The molecule has 1 rings (SSSR count). The molecule has 0 heterocycles. The number of alkyl halides is 1. The molecule has 1 aromatic rings. The third-order valence-electron chi connectivity index (χ3n) is 2.17. The van der Waals surface area contributed by atoms with Gasteiger partial charge in [0.15, 0.2) is 16.9 Å². The van der Waals surface area contributed by atoms with E-state index in [1.165, 1.54) is 21.3 Å². The fourth-order valence-corrected chi connectivity index (χ4v) is 1.41. The van der Waals surface area contributed by atoms with Gasteiger partial charge in [0, 0.05) is 12.1 Å². The van der Waals surface area contributed by atoms with Crippen molar-refractivity contribution in [2.45, 2.75) is 5.38 Å². The molecule has 1 aromatic carbocycles. The molecule has 0 spiro atoms. The molecule has 6 heteroatoms. The minimum atomic E-state index is -0.705. The van der Waals surface area contributed by atoms with Gasteiger partial charge in [-0.3, -0.25) is 0 Å². The Kier molecular flexibility index (Phi) is 5.40. The molecule has 0 bridgehead atoms. The first-order valence-electron chi connectivity index (χ1n) is 5.12. The maximum absolute atomic E-state index is 8.57. The average molecular weight is 272 g/mol. The molecular formula is C12H14ClNO4. The molecule has 0 aliphatic carbocycles. The van der Waals surface area contributed by atoms with Gasteiger partial charge in [-0.1, -0.05) is 0 Å². The highest BCUT2D eigenvalue weighted by Crippen LogP contribution is 2.40. The predicted molar refractivity (Wildman–Crippen MR) is 66.8 cm³/mol. The second-order valence-corrected chi connectivity index (χ2v) is 3.80. The second kappa shape index (κ2) is 6.82. The zero-order chi connectivity index (χ0) is 13.5. The Morgan fingerprint density at radius 1 is 1.17 bits per heavy atom. The fourth-order valence-electron chi connectivity index (χ4n) is 1.35. The van der Waals surface area contributed by atoms with Gasteiger partial charge in [0.1, 0.15) is 12.4 Å². The van der Waals surface area contributed by atoms with E-state index < -0.39 is 5.38 Å². The predicted octanol–water partition coefficient (Wildman–Crippen LogP) is 2.22. The lowest BCUT2D eigenvalue weighted by molar-refractivity contribution is 0.304. The van der Waals surface area contributed by atoms with Crippen molar-refractivity contribution in [3.05, 3.63) is 12.1 Å². The smallest absolute Gasteiger partial charge is 0.203 e. The topological polar surface area (TPSA) is 60.7 Å². The van der Waals surface area contributed by atoms with E-state index in [0.717, 1.165) is 0 Å². The summed E-state index contributed by atoms with van der Waals surface area (Å²) in [5, 5.41) is 7.86. The number of rotatable bonds is 6. The van der Waals surface area contributed by atoms with Crippen molar-refractivity contribution in [1.82, 2.24) is 0 Å². The van der Waals surface area contributed by atoms with Crippen molar-refractivity contribution >= 4 is 11.6 Å². The number of nitrogens with zero attached hydrogens (tertiary/aromatic N) is 1. The van der Waals surface area contributed by atoms with Crippen molar-refractivity contribution < 1.29 is 18.9 Å². The van der Waals surface area contributed by atoms with Crippen LogP contribution in [0.25, 0.3) is 0 Å². The molecule has 0 amide bonds. The first-order chi connectivity index (χ1) is 8.65. The number of methoxy groups -OCH3 is 3. The molecule has 1 atom stereocenters. The third kappa shape index (κ3) is 3.34. The summed E-state index contributed by atoms with van der Waals surface area (Å²) in [7, 11) is 4.55. The average Bonchev–Trinajstić information content (AvgIpc) is 2.43. The molecule has 0 N–H and O–H groups in total. The normalized spacial score (nSPS) is 11.3. The highest BCUT2D eigenvalue weighted by Gasteiger charge is 2.14. The van der Waals surface area contributed by atoms with Crippen LogP contribution in [-0.2, 0) is 0 Å². The van der Waals surface area contributed by atoms with Crippen LogP contribution in [0.15, 0.2) is 12.1 Å². The van der Waals surface area contributed by atoms with Crippen LogP contribution in [0, 0.1) is 11.3 Å². The van der Waals surface area contributed by atoms with Crippen LogP contribution in [0.2, 0.25) is 0 Å². The van der Waals surface area contributed by atoms with Gasteiger partial charge in [0.05, 0.1) is 27.4 Å². The Hall–Kier alpha value is -1.80. The van der Waals surface area contributed by atoms with Crippen LogP contribution in [0.5, 0.6) is 23.0 Å². The molecule has 0 radical (unpaired) electrons. The standard InChI is InChI=1S/C12H14ClNO4/c1-15-10-4-9(18-7-8(13)6-14)5-11(16-2)12(10)17-3/h4-5,8H,7H2,1-3H3. The van der Waals surface area contributed by atoms with Crippen molar-refractivity contribution in [3.8, 4) is 29.1 Å². The maximum Gasteiger partial charge on any atom is 0.203 e. The minimum absolute atomic E-state index is 0.0801. The van der Waals surface area contributed by atoms with E-state index in [1.807, 2.05) is 6.07 Å². The number of nitriles is 1. The van der Waals surface area contributed by atoms with Crippen molar-refractivity contribution in [1.29, 1.82) is 5.26 Å². The summed E-state index contributed by atoms with van der Waals surface area (Å²) < 4.78 is 20.9. The van der Waals surface area contributed by atoms with Crippen LogP contribution < -0.4 is 18.9 Å². The van der Waals surface area contributed by atoms with E-state index in [4.69, 9.17) is 35.8 Å². The number of benzene rings is 1. The molecule has 5 nitrogen and oxygen atoms in total. The van der Waals surface area contributed by atoms with Crippen LogP contribution in [0.1, 0.15) is 0 Å². The zero-order valence-corrected chi connectivity index (χ0v) is 11.2. The molecule has 0 aromatic heterocycles. The molecule has 1 unspecified atom stereocenters.